The van der Waals surface area contributed by atoms with Crippen LogP contribution >= 0.6 is 0 Å². The van der Waals surface area contributed by atoms with Crippen LogP contribution in [0.25, 0.3) is 0 Å². The number of ether oxygens (including phenoxy) is 1. The van der Waals surface area contributed by atoms with Crippen LogP contribution in [0, 0.1) is 0 Å². The number of unbranched alkanes of at least 4 members (excludes halogenated alkanes) is 63. The van der Waals surface area contributed by atoms with Gasteiger partial charge in [-0.2, -0.15) is 0 Å². The Bertz CT molecular complexity index is 1550. The number of rotatable bonds is 80. The summed E-state index contributed by atoms with van der Waals surface area (Å²) in [6.07, 6.45) is 110. The number of aliphatic hydroxyl groups excluding tert-OH is 2. The Hall–Kier alpha value is -2.18. The highest BCUT2D eigenvalue weighted by molar-refractivity contribution is 5.76. The van der Waals surface area contributed by atoms with Gasteiger partial charge in [0.15, 0.2) is 0 Å². The van der Waals surface area contributed by atoms with E-state index >= 15 is 0 Å². The van der Waals surface area contributed by atoms with E-state index in [0.717, 1.165) is 51.4 Å². The highest BCUT2D eigenvalue weighted by Crippen LogP contribution is 2.20. The van der Waals surface area contributed by atoms with E-state index in [1.54, 1.807) is 6.08 Å². The summed E-state index contributed by atoms with van der Waals surface area (Å²) in [5, 5.41) is 23.3. The number of aliphatic hydroxyl groups is 2. The predicted octanol–water partition coefficient (Wildman–Crippen LogP) is 28.3. The van der Waals surface area contributed by atoms with Gasteiger partial charge in [0.25, 0.3) is 0 Å². The first kappa shape index (κ1) is 90.8. The molecule has 0 bridgehead atoms. The molecule has 2 atom stereocenters. The average Bonchev–Trinajstić information content (AvgIpc) is 3.72. The molecular formula is C87H165NO5. The van der Waals surface area contributed by atoms with Crippen molar-refractivity contribution in [3.05, 3.63) is 48.6 Å². The van der Waals surface area contributed by atoms with Crippen molar-refractivity contribution >= 4 is 11.9 Å². The minimum absolute atomic E-state index is 0.0133. The number of carbonyl (C=O) groups is 2. The summed E-state index contributed by atoms with van der Waals surface area (Å²) in [7, 11) is 0. The third kappa shape index (κ3) is 78.7. The SMILES string of the molecule is CCCCCC/C=C\C/C=C\CCCCCCCCCC(=O)OCCCCCCCCCCCCCCCC/C=C\CCCCCCCCCCCCCCCCCCCC(=O)NC(CO)C(O)/C=C/CCCCCCCCCCCCCCCCCCCCCCC. The fourth-order valence-corrected chi connectivity index (χ4v) is 13.4. The van der Waals surface area contributed by atoms with Crippen LogP contribution in [-0.4, -0.2) is 47.4 Å². The summed E-state index contributed by atoms with van der Waals surface area (Å²) >= 11 is 0. The molecule has 6 heteroatoms. The van der Waals surface area contributed by atoms with Crippen molar-refractivity contribution in [2.24, 2.45) is 0 Å². The maximum Gasteiger partial charge on any atom is 0.305 e. The Morgan fingerprint density at radius 2 is 0.538 bits per heavy atom. The van der Waals surface area contributed by atoms with Gasteiger partial charge in [0, 0.05) is 12.8 Å². The first-order valence-corrected chi connectivity index (χ1v) is 42.4. The van der Waals surface area contributed by atoms with Crippen LogP contribution in [0.3, 0.4) is 0 Å². The Morgan fingerprint density at radius 3 is 0.839 bits per heavy atom. The highest BCUT2D eigenvalue weighted by atomic mass is 16.5. The molecule has 0 fully saturated rings. The molecule has 6 nitrogen and oxygen atoms in total. The lowest BCUT2D eigenvalue weighted by atomic mass is 10.0. The molecule has 0 aromatic carbocycles. The van der Waals surface area contributed by atoms with Gasteiger partial charge < -0.3 is 20.3 Å². The van der Waals surface area contributed by atoms with Crippen LogP contribution in [0.4, 0.5) is 0 Å². The van der Waals surface area contributed by atoms with Gasteiger partial charge in [-0.15, -0.1) is 0 Å². The zero-order valence-electron chi connectivity index (χ0n) is 63.0. The van der Waals surface area contributed by atoms with Crippen molar-refractivity contribution in [3.8, 4) is 0 Å². The average molecular weight is 1310 g/mol. The monoisotopic (exact) mass is 1300 g/mol. The van der Waals surface area contributed by atoms with E-state index in [-0.39, 0.29) is 18.5 Å². The molecule has 0 heterocycles. The van der Waals surface area contributed by atoms with E-state index in [4.69, 9.17) is 4.74 Å². The third-order valence-electron chi connectivity index (χ3n) is 19.8. The van der Waals surface area contributed by atoms with Crippen molar-refractivity contribution in [2.45, 2.75) is 482 Å². The molecule has 548 valence electrons. The van der Waals surface area contributed by atoms with Crippen LogP contribution in [-0.2, 0) is 14.3 Å². The Morgan fingerprint density at radius 1 is 0.301 bits per heavy atom. The summed E-state index contributed by atoms with van der Waals surface area (Å²) in [5.74, 6) is -0.0462. The number of allylic oxidation sites excluding steroid dienone is 7. The van der Waals surface area contributed by atoms with Gasteiger partial charge >= 0.3 is 5.97 Å². The Labute approximate surface area is 582 Å². The summed E-state index contributed by atoms with van der Waals surface area (Å²) in [5.41, 5.74) is 0. The zero-order valence-corrected chi connectivity index (χ0v) is 63.0. The minimum atomic E-state index is -0.844. The standard InChI is InChI=1S/C87H165NO5/c1-3-5-7-9-11-13-15-17-19-21-23-24-38-41-44-47-51-55-59-63-67-71-75-79-85(90)84(83-89)88-86(91)80-76-72-68-64-60-56-52-48-45-42-39-36-34-32-30-28-26-25-27-29-31-33-35-37-40-43-46-50-54-58-62-66-70-74-78-82-93-87(92)81-77-73-69-65-61-57-53-49-22-20-18-16-14-12-10-8-6-4-2/h14,16,20,22,27,29,75,79,84-85,89-90H,3-13,15,17-19,21,23-26,28,30-74,76-78,80-83H2,1-2H3,(H,88,91)/b16-14-,22-20-,29-27-,79-75+. The Kier molecular flexibility index (Phi) is 80.3. The van der Waals surface area contributed by atoms with Crippen LogP contribution in [0.15, 0.2) is 48.6 Å². The topological polar surface area (TPSA) is 95.9 Å². The molecule has 0 aliphatic carbocycles. The molecule has 2 unspecified atom stereocenters. The third-order valence-corrected chi connectivity index (χ3v) is 19.8. The fourth-order valence-electron chi connectivity index (χ4n) is 13.4. The molecule has 0 saturated heterocycles. The lowest BCUT2D eigenvalue weighted by molar-refractivity contribution is -0.143. The van der Waals surface area contributed by atoms with E-state index in [1.165, 1.54) is 392 Å². The van der Waals surface area contributed by atoms with E-state index in [2.05, 4.69) is 55.6 Å². The van der Waals surface area contributed by atoms with Crippen LogP contribution in [0.1, 0.15) is 470 Å². The molecule has 0 aliphatic rings. The smallest absolute Gasteiger partial charge is 0.305 e. The second kappa shape index (κ2) is 82.2. The predicted molar refractivity (Wildman–Crippen MR) is 412 cm³/mol. The van der Waals surface area contributed by atoms with E-state index in [1.807, 2.05) is 6.08 Å². The number of esters is 1. The van der Waals surface area contributed by atoms with Crippen molar-refractivity contribution in [1.82, 2.24) is 5.32 Å². The molecule has 0 saturated carbocycles. The number of nitrogens with one attached hydrogen (secondary N) is 1. The number of carbonyl (C=O) groups excluding carboxylic acids is 2. The number of hydrogen-bond acceptors (Lipinski definition) is 5. The van der Waals surface area contributed by atoms with Gasteiger partial charge in [-0.25, -0.2) is 0 Å². The van der Waals surface area contributed by atoms with E-state index < -0.39 is 12.1 Å². The lowest BCUT2D eigenvalue weighted by Crippen LogP contribution is -2.45. The molecule has 0 radical (unpaired) electrons. The van der Waals surface area contributed by atoms with Crippen molar-refractivity contribution in [3.63, 3.8) is 0 Å². The van der Waals surface area contributed by atoms with Crippen LogP contribution in [0.5, 0.6) is 0 Å². The first-order chi connectivity index (χ1) is 46.0. The molecule has 0 rings (SSSR count). The second-order valence-electron chi connectivity index (χ2n) is 29.2. The van der Waals surface area contributed by atoms with Crippen LogP contribution in [0.2, 0.25) is 0 Å². The van der Waals surface area contributed by atoms with Gasteiger partial charge in [-0.05, 0) is 89.9 Å². The zero-order chi connectivity index (χ0) is 67.0. The van der Waals surface area contributed by atoms with Crippen molar-refractivity contribution in [2.75, 3.05) is 13.2 Å². The normalized spacial score (nSPS) is 12.7. The van der Waals surface area contributed by atoms with Gasteiger partial charge in [0.2, 0.25) is 5.91 Å². The largest absolute Gasteiger partial charge is 0.466 e. The summed E-state index contributed by atoms with van der Waals surface area (Å²) in [6.45, 7) is 4.94. The molecule has 0 aromatic heterocycles. The maximum absolute atomic E-state index is 12.6. The molecular weight excluding hydrogens is 1140 g/mol. The quantitative estimate of drug-likeness (QED) is 0.0320. The first-order valence-electron chi connectivity index (χ1n) is 42.4. The van der Waals surface area contributed by atoms with Crippen LogP contribution < -0.4 is 5.32 Å². The van der Waals surface area contributed by atoms with Crippen molar-refractivity contribution in [1.29, 1.82) is 0 Å². The summed E-state index contributed by atoms with van der Waals surface area (Å²) < 4.78 is 5.51. The van der Waals surface area contributed by atoms with Gasteiger partial charge in [0.1, 0.15) is 0 Å². The minimum Gasteiger partial charge on any atom is -0.466 e. The lowest BCUT2D eigenvalue weighted by Gasteiger charge is -2.20. The summed E-state index contributed by atoms with van der Waals surface area (Å²) in [6, 6.07) is -0.627. The molecule has 0 spiro atoms. The van der Waals surface area contributed by atoms with Gasteiger partial charge in [-0.1, -0.05) is 416 Å². The Balaban J connectivity index is 3.36. The molecule has 1 amide bonds. The molecule has 0 aromatic rings. The van der Waals surface area contributed by atoms with Gasteiger partial charge in [-0.3, -0.25) is 9.59 Å². The van der Waals surface area contributed by atoms with E-state index in [0.29, 0.717) is 19.4 Å². The molecule has 0 aliphatic heterocycles. The molecule has 93 heavy (non-hydrogen) atoms. The summed E-state index contributed by atoms with van der Waals surface area (Å²) in [4.78, 5) is 24.7. The van der Waals surface area contributed by atoms with Gasteiger partial charge in [0.05, 0.1) is 25.4 Å². The van der Waals surface area contributed by atoms with Crippen molar-refractivity contribution < 1.29 is 24.5 Å². The fraction of sp³-hybridized carbons (Fsp3) is 0.885. The maximum atomic E-state index is 12.6. The highest BCUT2D eigenvalue weighted by Gasteiger charge is 2.18. The number of amides is 1. The second-order valence-corrected chi connectivity index (χ2v) is 29.2. The molecule has 3 N–H and O–H groups in total. The van der Waals surface area contributed by atoms with E-state index in [9.17, 15) is 19.8 Å². The number of hydrogen-bond donors (Lipinski definition) is 3.